The van der Waals surface area contributed by atoms with Crippen LogP contribution in [-0.2, 0) is 6.54 Å². The minimum absolute atomic E-state index is 0.139. The molecule has 2 N–H and O–H groups in total. The van der Waals surface area contributed by atoms with Gasteiger partial charge in [-0.2, -0.15) is 0 Å². The molecule has 0 radical (unpaired) electrons. The lowest BCUT2D eigenvalue weighted by atomic mass is 10.1. The molecule has 2 aliphatic heterocycles. The van der Waals surface area contributed by atoms with E-state index in [0.29, 0.717) is 12.1 Å². The molecule has 0 unspecified atom stereocenters. The third kappa shape index (κ3) is 3.38. The first kappa shape index (κ1) is 15.4. The first-order chi connectivity index (χ1) is 11.7. The molecule has 6 nitrogen and oxygen atoms in total. The van der Waals surface area contributed by atoms with Crippen LogP contribution in [0.5, 0.6) is 0 Å². The highest BCUT2D eigenvalue weighted by molar-refractivity contribution is 5.99. The van der Waals surface area contributed by atoms with Crippen LogP contribution in [0.15, 0.2) is 24.3 Å². The van der Waals surface area contributed by atoms with Gasteiger partial charge in [0.25, 0.3) is 5.91 Å². The summed E-state index contributed by atoms with van der Waals surface area (Å²) in [5, 5.41) is 4.40. The third-order valence-electron chi connectivity index (χ3n) is 5.19. The highest BCUT2D eigenvalue weighted by Gasteiger charge is 2.30. The summed E-state index contributed by atoms with van der Waals surface area (Å²) in [4.78, 5) is 27.0. The van der Waals surface area contributed by atoms with Crippen LogP contribution in [0.3, 0.4) is 0 Å². The standard InChI is InChI=1S/C18H24N4O2/c23-17-16-4-2-1-3-14(16)12-22(17)20-18(24)19-15-7-9-21(10-8-15)11-13-5-6-13/h1-4,13,15H,5-12H2,(H2,19,20,24). The smallest absolute Gasteiger partial charge is 0.333 e. The summed E-state index contributed by atoms with van der Waals surface area (Å²) >= 11 is 0. The van der Waals surface area contributed by atoms with Crippen LogP contribution in [0, 0.1) is 5.92 Å². The molecule has 0 bridgehead atoms. The van der Waals surface area contributed by atoms with Gasteiger partial charge < -0.3 is 10.2 Å². The number of fused-ring (bicyclic) bond motifs is 1. The van der Waals surface area contributed by atoms with Gasteiger partial charge in [0.15, 0.2) is 0 Å². The number of piperidine rings is 1. The van der Waals surface area contributed by atoms with Gasteiger partial charge in [-0.3, -0.25) is 4.79 Å². The molecular formula is C18H24N4O2. The van der Waals surface area contributed by atoms with Gasteiger partial charge in [0.05, 0.1) is 6.54 Å². The van der Waals surface area contributed by atoms with Gasteiger partial charge in [-0.15, -0.1) is 0 Å². The zero-order valence-corrected chi connectivity index (χ0v) is 13.8. The van der Waals surface area contributed by atoms with E-state index in [1.54, 1.807) is 6.07 Å². The van der Waals surface area contributed by atoms with Gasteiger partial charge in [-0.1, -0.05) is 18.2 Å². The Morgan fingerprint density at radius 3 is 2.58 bits per heavy atom. The molecule has 3 aliphatic rings. The second-order valence-corrected chi connectivity index (χ2v) is 7.15. The number of carbonyl (C=O) groups is 2. The zero-order chi connectivity index (χ0) is 16.5. The van der Waals surface area contributed by atoms with E-state index >= 15 is 0 Å². The van der Waals surface area contributed by atoms with Crippen LogP contribution >= 0.6 is 0 Å². The highest BCUT2D eigenvalue weighted by atomic mass is 16.2. The maximum Gasteiger partial charge on any atom is 0.333 e. The van der Waals surface area contributed by atoms with E-state index < -0.39 is 0 Å². The van der Waals surface area contributed by atoms with Gasteiger partial charge in [0, 0.05) is 31.2 Å². The summed E-state index contributed by atoms with van der Waals surface area (Å²) < 4.78 is 0. The number of nitrogens with one attached hydrogen (secondary N) is 2. The van der Waals surface area contributed by atoms with Crippen LogP contribution in [-0.4, -0.2) is 47.5 Å². The number of likely N-dealkylation sites (tertiary alicyclic amines) is 1. The Morgan fingerprint density at radius 2 is 1.88 bits per heavy atom. The minimum atomic E-state index is -0.281. The average molecular weight is 328 g/mol. The SMILES string of the molecule is O=C(NC1CCN(CC2CC2)CC1)NN1Cc2ccccc2C1=O. The van der Waals surface area contributed by atoms with Gasteiger partial charge in [-0.05, 0) is 43.2 Å². The van der Waals surface area contributed by atoms with Crippen molar-refractivity contribution in [2.75, 3.05) is 19.6 Å². The maximum absolute atomic E-state index is 12.3. The van der Waals surface area contributed by atoms with E-state index in [1.165, 1.54) is 24.4 Å². The number of benzene rings is 1. The number of amides is 3. The van der Waals surface area contributed by atoms with E-state index in [-0.39, 0.29) is 18.0 Å². The Kier molecular flexibility index (Phi) is 4.14. The predicted molar refractivity (Wildman–Crippen MR) is 90.2 cm³/mol. The summed E-state index contributed by atoms with van der Waals surface area (Å²) in [7, 11) is 0. The lowest BCUT2D eigenvalue weighted by Crippen LogP contribution is -2.52. The number of carbonyl (C=O) groups excluding carboxylic acids is 2. The van der Waals surface area contributed by atoms with E-state index in [2.05, 4.69) is 15.6 Å². The highest BCUT2D eigenvalue weighted by Crippen LogP contribution is 2.30. The number of rotatable bonds is 4. The fraction of sp³-hybridized carbons (Fsp3) is 0.556. The average Bonchev–Trinajstić information content (AvgIpc) is 3.34. The number of nitrogens with zero attached hydrogens (tertiary/aromatic N) is 2. The lowest BCUT2D eigenvalue weighted by Gasteiger charge is -2.32. The van der Waals surface area contributed by atoms with Crippen molar-refractivity contribution in [3.8, 4) is 0 Å². The first-order valence-corrected chi connectivity index (χ1v) is 8.88. The van der Waals surface area contributed by atoms with Gasteiger partial charge >= 0.3 is 6.03 Å². The fourth-order valence-electron chi connectivity index (χ4n) is 3.61. The number of urea groups is 1. The second-order valence-electron chi connectivity index (χ2n) is 7.15. The Bertz CT molecular complexity index is 636. The quantitative estimate of drug-likeness (QED) is 0.885. The summed E-state index contributed by atoms with van der Waals surface area (Å²) in [6.07, 6.45) is 4.72. The largest absolute Gasteiger partial charge is 0.334 e. The molecule has 2 heterocycles. The molecule has 1 aliphatic carbocycles. The summed E-state index contributed by atoms with van der Waals surface area (Å²) in [5.74, 6) is 0.778. The van der Waals surface area contributed by atoms with Crippen molar-refractivity contribution in [3.63, 3.8) is 0 Å². The number of hydrazine groups is 1. The normalized spacial score (nSPS) is 21.7. The van der Waals surface area contributed by atoms with Crippen LogP contribution in [0.1, 0.15) is 41.6 Å². The zero-order valence-electron chi connectivity index (χ0n) is 13.8. The fourth-order valence-corrected chi connectivity index (χ4v) is 3.61. The number of hydrogen-bond acceptors (Lipinski definition) is 3. The number of hydrogen-bond donors (Lipinski definition) is 2. The predicted octanol–water partition coefficient (Wildman–Crippen LogP) is 1.73. The molecule has 6 heteroatoms. The molecule has 4 rings (SSSR count). The Hall–Kier alpha value is -2.08. The van der Waals surface area contributed by atoms with Crippen LogP contribution in [0.25, 0.3) is 0 Å². The van der Waals surface area contributed by atoms with Crippen molar-refractivity contribution in [3.05, 3.63) is 35.4 Å². The van der Waals surface area contributed by atoms with Gasteiger partial charge in [0.1, 0.15) is 0 Å². The van der Waals surface area contributed by atoms with E-state index in [1.807, 2.05) is 18.2 Å². The topological polar surface area (TPSA) is 64.7 Å². The molecule has 1 saturated carbocycles. The molecule has 1 aromatic carbocycles. The summed E-state index contributed by atoms with van der Waals surface area (Å²) in [5.41, 5.74) is 4.32. The van der Waals surface area contributed by atoms with Crippen molar-refractivity contribution in [1.29, 1.82) is 0 Å². The molecule has 0 atom stereocenters. The van der Waals surface area contributed by atoms with Crippen molar-refractivity contribution in [1.82, 2.24) is 20.7 Å². The monoisotopic (exact) mass is 328 g/mol. The Morgan fingerprint density at radius 1 is 1.12 bits per heavy atom. The van der Waals surface area contributed by atoms with Crippen molar-refractivity contribution in [2.45, 2.75) is 38.3 Å². The van der Waals surface area contributed by atoms with E-state index in [4.69, 9.17) is 0 Å². The van der Waals surface area contributed by atoms with Crippen LogP contribution in [0.2, 0.25) is 0 Å². The summed E-state index contributed by atoms with van der Waals surface area (Å²) in [6, 6.07) is 7.38. The maximum atomic E-state index is 12.3. The van der Waals surface area contributed by atoms with Crippen molar-refractivity contribution < 1.29 is 9.59 Å². The molecule has 128 valence electrons. The molecule has 2 fully saturated rings. The van der Waals surface area contributed by atoms with Crippen molar-refractivity contribution >= 4 is 11.9 Å². The molecule has 3 amide bonds. The Balaban J connectivity index is 1.24. The van der Waals surface area contributed by atoms with E-state index in [9.17, 15) is 9.59 Å². The lowest BCUT2D eigenvalue weighted by molar-refractivity contribution is 0.0703. The first-order valence-electron chi connectivity index (χ1n) is 8.88. The van der Waals surface area contributed by atoms with Crippen molar-refractivity contribution in [2.24, 2.45) is 5.92 Å². The molecule has 24 heavy (non-hydrogen) atoms. The molecule has 0 spiro atoms. The molecular weight excluding hydrogens is 304 g/mol. The van der Waals surface area contributed by atoms with Crippen LogP contribution < -0.4 is 10.7 Å². The van der Waals surface area contributed by atoms with Crippen LogP contribution in [0.4, 0.5) is 4.79 Å². The molecule has 0 aromatic heterocycles. The molecule has 1 saturated heterocycles. The second kappa shape index (κ2) is 6.43. The van der Waals surface area contributed by atoms with Gasteiger partial charge in [-0.25, -0.2) is 15.2 Å². The third-order valence-corrected chi connectivity index (χ3v) is 5.19. The van der Waals surface area contributed by atoms with Gasteiger partial charge in [0.2, 0.25) is 0 Å². The van der Waals surface area contributed by atoms with E-state index in [0.717, 1.165) is 37.4 Å². The minimum Gasteiger partial charge on any atom is -0.334 e. The molecule has 1 aromatic rings. The summed E-state index contributed by atoms with van der Waals surface area (Å²) in [6.45, 7) is 3.76. The Labute approximate surface area is 142 Å².